The van der Waals surface area contributed by atoms with E-state index in [0.717, 1.165) is 62.3 Å². The zero-order valence-corrected chi connectivity index (χ0v) is 45.6. The highest BCUT2D eigenvalue weighted by molar-refractivity contribution is 6.06. The second-order valence-corrected chi connectivity index (χ2v) is 21.1. The molecule has 2 amide bonds. The smallest absolute Gasteiger partial charge is 0.397 e. The van der Waals surface area contributed by atoms with Crippen molar-refractivity contribution in [2.24, 2.45) is 30.2 Å². The number of likely N-dealkylation sites (tertiary alicyclic amines) is 1. The van der Waals surface area contributed by atoms with Crippen LogP contribution in [0.5, 0.6) is 0 Å². The fourth-order valence-corrected chi connectivity index (χ4v) is 10.5. The maximum atomic E-state index is 14.4. The standard InChI is InChI=1S/C58H67F6N15O2/c1-36-8-9-40(55(80)71-45-24-43(57(59,60)61)26-48(28-45)76-18-16-73(3)17-19-76)22-53(36)78(67)34-51(65)42-21-38(30-69-31-42)20-39-10-11-41(23-54(39)79(68)35-52(66)50-32-70-74(4)37(50)2)56(81)72-46-25-44(58(62,63)64)27-49(29-46)77-15-12-47(33-77)75-13-6-5-7-14-75/h8-11,21-32,34-35,47H,5-7,12-20,33,65-68H2,1-4H3,(H,71,80)(H,72,81)/b51-34-,52-35-. The number of carbonyl (C=O) groups excluding carboxylic acids is 2. The van der Waals surface area contributed by atoms with Gasteiger partial charge in [0, 0.05) is 134 Å². The van der Waals surface area contributed by atoms with Gasteiger partial charge >= 0.3 is 12.4 Å². The zero-order valence-electron chi connectivity index (χ0n) is 45.6. The topological polar surface area (TPSA) is 212 Å². The number of aryl methyl sites for hydroxylation is 2. The predicted molar refractivity (Wildman–Crippen MR) is 305 cm³/mol. The maximum absolute atomic E-state index is 14.4. The molecule has 5 heterocycles. The first-order valence-corrected chi connectivity index (χ1v) is 26.7. The summed E-state index contributed by atoms with van der Waals surface area (Å²) in [4.78, 5) is 40.6. The van der Waals surface area contributed by atoms with Gasteiger partial charge in [0.2, 0.25) is 0 Å². The Morgan fingerprint density at radius 3 is 1.84 bits per heavy atom. The quantitative estimate of drug-likeness (QED) is 0.0323. The van der Waals surface area contributed by atoms with Gasteiger partial charge in [-0.1, -0.05) is 18.6 Å². The van der Waals surface area contributed by atoms with Crippen LogP contribution in [0.1, 0.15) is 91.0 Å². The van der Waals surface area contributed by atoms with Crippen LogP contribution in [-0.2, 0) is 25.8 Å². The van der Waals surface area contributed by atoms with Crippen LogP contribution in [0.15, 0.2) is 110 Å². The van der Waals surface area contributed by atoms with E-state index in [9.17, 15) is 35.9 Å². The van der Waals surface area contributed by atoms with Crippen LogP contribution in [0.2, 0.25) is 0 Å². The normalized spacial score (nSPS) is 16.9. The third-order valence-electron chi connectivity index (χ3n) is 15.3. The van der Waals surface area contributed by atoms with Crippen LogP contribution in [0.4, 0.5) is 60.5 Å². The fraction of sp³-hybridized carbons (Fsp3) is 0.345. The highest BCUT2D eigenvalue weighted by Gasteiger charge is 2.35. The van der Waals surface area contributed by atoms with E-state index in [2.05, 4.69) is 30.5 Å². The van der Waals surface area contributed by atoms with Gasteiger partial charge in [0.05, 0.1) is 40.1 Å². The molecule has 0 bridgehead atoms. The molecule has 10 N–H and O–H groups in total. The summed E-state index contributed by atoms with van der Waals surface area (Å²) in [6.07, 6.45) is 2.76. The third-order valence-corrected chi connectivity index (χ3v) is 15.3. The third kappa shape index (κ3) is 13.7. The van der Waals surface area contributed by atoms with Crippen molar-refractivity contribution in [2.75, 3.05) is 89.9 Å². The number of anilines is 6. The molecule has 0 aliphatic carbocycles. The lowest BCUT2D eigenvalue weighted by Crippen LogP contribution is -2.44. The van der Waals surface area contributed by atoms with Crippen molar-refractivity contribution in [3.8, 4) is 0 Å². The monoisotopic (exact) mass is 1120 g/mol. The molecule has 17 nitrogen and oxygen atoms in total. The summed E-state index contributed by atoms with van der Waals surface area (Å²) in [6.45, 7) is 9.14. The molecule has 3 aliphatic heterocycles. The number of rotatable bonds is 15. The van der Waals surface area contributed by atoms with E-state index in [4.69, 9.17) is 23.2 Å². The Hall–Kier alpha value is -8.12. The number of piperazine rings is 1. The number of hydrogen-bond acceptors (Lipinski definition) is 14. The molecular formula is C58H67F6N15O2. The van der Waals surface area contributed by atoms with Gasteiger partial charge in [0.1, 0.15) is 0 Å². The number of piperidine rings is 1. The van der Waals surface area contributed by atoms with Gasteiger partial charge in [-0.3, -0.25) is 34.2 Å². The maximum Gasteiger partial charge on any atom is 0.416 e. The van der Waals surface area contributed by atoms with E-state index in [1.54, 1.807) is 67.4 Å². The van der Waals surface area contributed by atoms with Gasteiger partial charge in [-0.05, 0) is 137 Å². The molecule has 23 heteroatoms. The molecular weight excluding hydrogens is 1050 g/mol. The summed E-state index contributed by atoms with van der Waals surface area (Å²) in [5, 5.41) is 12.2. The number of hydrazine groups is 2. The first kappa shape index (κ1) is 57.6. The van der Waals surface area contributed by atoms with Crippen molar-refractivity contribution >= 4 is 57.3 Å². The molecule has 9 rings (SSSR count). The van der Waals surface area contributed by atoms with E-state index < -0.39 is 35.3 Å². The summed E-state index contributed by atoms with van der Waals surface area (Å²) in [6, 6.07) is 18.7. The first-order valence-electron chi connectivity index (χ1n) is 26.7. The van der Waals surface area contributed by atoms with Gasteiger partial charge in [-0.15, -0.1) is 0 Å². The minimum absolute atomic E-state index is 0.0126. The summed E-state index contributed by atoms with van der Waals surface area (Å²) >= 11 is 0. The van der Waals surface area contributed by atoms with Gasteiger partial charge in [-0.2, -0.15) is 31.4 Å². The summed E-state index contributed by atoms with van der Waals surface area (Å²) in [7, 11) is 3.72. The molecule has 0 saturated carbocycles. The number of aromatic nitrogens is 3. The van der Waals surface area contributed by atoms with Gasteiger partial charge < -0.3 is 36.8 Å². The first-order chi connectivity index (χ1) is 38.5. The molecule has 2 aromatic heterocycles. The molecule has 3 fully saturated rings. The van der Waals surface area contributed by atoms with Gasteiger partial charge in [0.25, 0.3) is 11.8 Å². The Morgan fingerprint density at radius 1 is 0.654 bits per heavy atom. The van der Waals surface area contributed by atoms with E-state index >= 15 is 0 Å². The minimum atomic E-state index is -4.67. The van der Waals surface area contributed by atoms with Crippen molar-refractivity contribution in [2.45, 2.75) is 64.3 Å². The highest BCUT2D eigenvalue weighted by atomic mass is 19.4. The highest BCUT2D eigenvalue weighted by Crippen LogP contribution is 2.38. The summed E-state index contributed by atoms with van der Waals surface area (Å²) in [5.41, 5.74) is 17.3. The van der Waals surface area contributed by atoms with Crippen molar-refractivity contribution in [3.63, 3.8) is 0 Å². The summed E-state index contributed by atoms with van der Waals surface area (Å²) < 4.78 is 87.2. The molecule has 428 valence electrons. The molecule has 1 unspecified atom stereocenters. The molecule has 0 spiro atoms. The molecule has 81 heavy (non-hydrogen) atoms. The van der Waals surface area contributed by atoms with Crippen LogP contribution in [-0.4, -0.2) is 102 Å². The van der Waals surface area contributed by atoms with E-state index in [0.29, 0.717) is 89.8 Å². The van der Waals surface area contributed by atoms with Gasteiger partial charge in [0.15, 0.2) is 0 Å². The van der Waals surface area contributed by atoms with Crippen LogP contribution >= 0.6 is 0 Å². The van der Waals surface area contributed by atoms with E-state index in [1.165, 1.54) is 53.2 Å². The lowest BCUT2D eigenvalue weighted by molar-refractivity contribution is -0.138. The number of nitrogens with one attached hydrogen (secondary N) is 2. The van der Waals surface area contributed by atoms with Crippen molar-refractivity contribution in [1.29, 1.82) is 0 Å². The van der Waals surface area contributed by atoms with E-state index in [-0.39, 0.29) is 46.4 Å². The van der Waals surface area contributed by atoms with Crippen LogP contribution in [0, 0.1) is 13.8 Å². The number of likely N-dealkylation sites (N-methyl/N-ethyl adjacent to an activating group) is 1. The predicted octanol–water partition coefficient (Wildman–Crippen LogP) is 8.66. The Kier molecular flexibility index (Phi) is 17.0. The SMILES string of the molecule is Cc1ccc(C(=O)Nc2cc(N3CCN(C)CC3)cc(C(F)(F)F)c2)cc1N(N)/C=C(\N)c1cncc(Cc2ccc(C(=O)Nc3cc(N4CCC(N5CCCCC5)C4)cc(C(F)(F)F)c3)cc2N(N)/C=C(\N)c2cnn(C)c2C)c1. The van der Waals surface area contributed by atoms with Crippen LogP contribution in [0.3, 0.4) is 0 Å². The van der Waals surface area contributed by atoms with Crippen molar-refractivity contribution < 1.29 is 35.9 Å². The van der Waals surface area contributed by atoms with E-state index in [1.807, 2.05) is 23.8 Å². The number of alkyl halides is 6. The molecule has 4 aromatic carbocycles. The summed E-state index contributed by atoms with van der Waals surface area (Å²) in [5.74, 6) is 12.0. The molecule has 6 aromatic rings. The number of amides is 2. The number of nitrogens with zero attached hydrogens (tertiary/aromatic N) is 9. The molecule has 1 atom stereocenters. The Balaban J connectivity index is 0.951. The number of nitrogens with two attached hydrogens (primary N) is 4. The molecule has 3 aliphatic rings. The fourth-order valence-electron chi connectivity index (χ4n) is 10.5. The van der Waals surface area contributed by atoms with Gasteiger partial charge in [-0.25, -0.2) is 11.7 Å². The molecule has 0 radical (unpaired) electrons. The average molecular weight is 1120 g/mol. The Morgan fingerprint density at radius 2 is 1.23 bits per heavy atom. The Bertz CT molecular complexity index is 3340. The number of benzene rings is 4. The second kappa shape index (κ2) is 23.9. The van der Waals surface area contributed by atoms with Crippen LogP contribution < -0.4 is 53.6 Å². The second-order valence-electron chi connectivity index (χ2n) is 21.1. The largest absolute Gasteiger partial charge is 0.416 e. The molecule has 3 saturated heterocycles. The van der Waals surface area contributed by atoms with Crippen molar-refractivity contribution in [1.82, 2.24) is 24.6 Å². The minimum Gasteiger partial charge on any atom is -0.397 e. The zero-order chi connectivity index (χ0) is 57.9. The average Bonchev–Trinajstić information content (AvgIpc) is 4.11. The number of pyridine rings is 1. The number of halogens is 6. The number of hydrogen-bond donors (Lipinski definition) is 6. The Labute approximate surface area is 466 Å². The number of carbonyl (C=O) groups is 2. The van der Waals surface area contributed by atoms with Crippen LogP contribution in [0.25, 0.3) is 11.4 Å². The lowest BCUT2D eigenvalue weighted by atomic mass is 10.00. The van der Waals surface area contributed by atoms with Crippen molar-refractivity contribution in [3.05, 3.63) is 166 Å². The lowest BCUT2D eigenvalue weighted by Gasteiger charge is -2.34.